The first-order chi connectivity index (χ1) is 6.56. The summed E-state index contributed by atoms with van der Waals surface area (Å²) in [6.45, 7) is 6.68. The molecule has 1 aromatic carbocycles. The maximum absolute atomic E-state index is 5.26. The molecule has 0 saturated heterocycles. The first-order valence-corrected chi connectivity index (χ1v) is 4.87. The van der Waals surface area contributed by atoms with Gasteiger partial charge in [-0.2, -0.15) is 0 Å². The highest BCUT2D eigenvalue weighted by Gasteiger charge is 2.14. The predicted molar refractivity (Wildman–Crippen MR) is 57.2 cm³/mol. The van der Waals surface area contributed by atoms with E-state index < -0.39 is 0 Å². The van der Waals surface area contributed by atoms with Crippen molar-refractivity contribution in [1.29, 1.82) is 0 Å². The average molecular weight is 189 g/mol. The second-order valence-corrected chi connectivity index (χ2v) is 4.85. The molecule has 1 aromatic heterocycles. The smallest absolute Gasteiger partial charge is 0.181 e. The van der Waals surface area contributed by atoms with Crippen molar-refractivity contribution in [2.24, 2.45) is 5.41 Å². The summed E-state index contributed by atoms with van der Waals surface area (Å²) in [7, 11) is 0. The molecule has 1 heterocycles. The minimum absolute atomic E-state index is 0.285. The van der Waals surface area contributed by atoms with Crippen LogP contribution in [0.3, 0.4) is 0 Å². The van der Waals surface area contributed by atoms with Crippen molar-refractivity contribution < 1.29 is 4.42 Å². The minimum Gasteiger partial charge on any atom is -0.443 e. The summed E-state index contributed by atoms with van der Waals surface area (Å²) in [5.41, 5.74) is 3.44. The van der Waals surface area contributed by atoms with Gasteiger partial charge in [-0.05, 0) is 23.5 Å². The molecule has 74 valence electrons. The summed E-state index contributed by atoms with van der Waals surface area (Å²) >= 11 is 0. The number of fused-ring (bicyclic) bond motifs is 1. The molecule has 0 aliphatic heterocycles. The highest BCUT2D eigenvalue weighted by atomic mass is 16.3. The second kappa shape index (κ2) is 3.12. The van der Waals surface area contributed by atoms with Gasteiger partial charge in [-0.15, -0.1) is 0 Å². The van der Waals surface area contributed by atoms with E-state index in [-0.39, 0.29) is 5.41 Å². The van der Waals surface area contributed by atoms with Crippen LogP contribution in [0.2, 0.25) is 0 Å². The molecule has 0 aliphatic rings. The van der Waals surface area contributed by atoms with E-state index in [0.717, 1.165) is 17.5 Å². The number of nitrogens with zero attached hydrogens (tertiary/aromatic N) is 1. The molecule has 14 heavy (non-hydrogen) atoms. The molecule has 2 nitrogen and oxygen atoms in total. The van der Waals surface area contributed by atoms with E-state index in [1.54, 1.807) is 0 Å². The predicted octanol–water partition coefficient (Wildman–Crippen LogP) is 3.42. The molecule has 0 amide bonds. The Bertz CT molecular complexity index is 437. The first-order valence-electron chi connectivity index (χ1n) is 4.87. The van der Waals surface area contributed by atoms with Gasteiger partial charge in [0, 0.05) is 0 Å². The summed E-state index contributed by atoms with van der Waals surface area (Å²) < 4.78 is 5.26. The Hall–Kier alpha value is -1.31. The van der Waals surface area contributed by atoms with Crippen molar-refractivity contribution in [2.45, 2.75) is 27.2 Å². The van der Waals surface area contributed by atoms with E-state index in [1.807, 2.05) is 12.1 Å². The second-order valence-electron chi connectivity index (χ2n) is 4.85. The lowest BCUT2D eigenvalue weighted by atomic mass is 9.88. The van der Waals surface area contributed by atoms with Gasteiger partial charge in [-0.1, -0.05) is 32.9 Å². The number of rotatable bonds is 1. The molecule has 2 rings (SSSR count). The quantitative estimate of drug-likeness (QED) is 0.687. The molecular formula is C12H15NO. The van der Waals surface area contributed by atoms with Crippen molar-refractivity contribution in [3.63, 3.8) is 0 Å². The van der Waals surface area contributed by atoms with E-state index in [4.69, 9.17) is 4.42 Å². The van der Waals surface area contributed by atoms with Crippen molar-refractivity contribution in [1.82, 2.24) is 4.98 Å². The van der Waals surface area contributed by atoms with Crippen LogP contribution in [0.5, 0.6) is 0 Å². The topological polar surface area (TPSA) is 26.0 Å². The number of para-hydroxylation sites is 1. The monoisotopic (exact) mass is 189 g/mol. The van der Waals surface area contributed by atoms with Crippen LogP contribution < -0.4 is 0 Å². The number of aromatic nitrogens is 1. The first kappa shape index (κ1) is 9.25. The molecule has 0 saturated carbocycles. The van der Waals surface area contributed by atoms with Gasteiger partial charge in [-0.3, -0.25) is 0 Å². The third kappa shape index (κ3) is 1.79. The van der Waals surface area contributed by atoms with E-state index in [0.29, 0.717) is 0 Å². The zero-order chi connectivity index (χ0) is 10.2. The number of benzene rings is 1. The zero-order valence-electron chi connectivity index (χ0n) is 8.87. The minimum atomic E-state index is 0.285. The van der Waals surface area contributed by atoms with Gasteiger partial charge in [0.25, 0.3) is 0 Å². The standard InChI is InChI=1S/C12H15NO/c1-12(2,3)7-9-5-4-6-10-11(9)13-8-14-10/h4-6,8H,7H2,1-3H3. The molecule has 2 aromatic rings. The molecule has 0 spiro atoms. The molecule has 0 fully saturated rings. The maximum atomic E-state index is 5.26. The van der Waals surface area contributed by atoms with E-state index in [1.165, 1.54) is 12.0 Å². The van der Waals surface area contributed by atoms with Gasteiger partial charge in [-0.25, -0.2) is 4.98 Å². The zero-order valence-corrected chi connectivity index (χ0v) is 8.87. The highest BCUT2D eigenvalue weighted by Crippen LogP contribution is 2.25. The van der Waals surface area contributed by atoms with Crippen molar-refractivity contribution in [3.05, 3.63) is 30.2 Å². The molecule has 0 unspecified atom stereocenters. The molecule has 2 heteroatoms. The molecule has 0 bridgehead atoms. The normalized spacial score (nSPS) is 12.2. The fourth-order valence-electron chi connectivity index (χ4n) is 1.66. The van der Waals surface area contributed by atoms with Gasteiger partial charge in [0.05, 0.1) is 0 Å². The van der Waals surface area contributed by atoms with E-state index in [9.17, 15) is 0 Å². The number of hydrogen-bond acceptors (Lipinski definition) is 2. The third-order valence-corrected chi connectivity index (χ3v) is 2.16. The van der Waals surface area contributed by atoms with Gasteiger partial charge in [0.2, 0.25) is 0 Å². The summed E-state index contributed by atoms with van der Waals surface area (Å²) in [6, 6.07) is 6.10. The largest absolute Gasteiger partial charge is 0.443 e. The van der Waals surface area contributed by atoms with Crippen LogP contribution in [0.4, 0.5) is 0 Å². The highest BCUT2D eigenvalue weighted by molar-refractivity contribution is 5.76. The SMILES string of the molecule is CC(C)(C)Cc1cccc2ocnc12. The van der Waals surface area contributed by atoms with Crippen LogP contribution in [0.1, 0.15) is 26.3 Å². The van der Waals surface area contributed by atoms with Crippen molar-refractivity contribution in [2.75, 3.05) is 0 Å². The van der Waals surface area contributed by atoms with E-state index >= 15 is 0 Å². The summed E-state index contributed by atoms with van der Waals surface area (Å²) in [6.07, 6.45) is 2.54. The Kier molecular flexibility index (Phi) is 2.06. The van der Waals surface area contributed by atoms with Gasteiger partial charge in [0.15, 0.2) is 12.0 Å². The lowest BCUT2D eigenvalue weighted by Crippen LogP contribution is -2.09. The molecule has 0 radical (unpaired) electrons. The summed E-state index contributed by atoms with van der Waals surface area (Å²) in [5, 5.41) is 0. The van der Waals surface area contributed by atoms with Crippen LogP contribution in [0.25, 0.3) is 11.1 Å². The Morgan fingerprint density at radius 2 is 2.07 bits per heavy atom. The van der Waals surface area contributed by atoms with Crippen molar-refractivity contribution >= 4 is 11.1 Å². The van der Waals surface area contributed by atoms with Crippen LogP contribution in [-0.2, 0) is 6.42 Å². The van der Waals surface area contributed by atoms with Crippen LogP contribution >= 0.6 is 0 Å². The number of hydrogen-bond donors (Lipinski definition) is 0. The van der Waals surface area contributed by atoms with Crippen LogP contribution in [-0.4, -0.2) is 4.98 Å². The Morgan fingerprint density at radius 1 is 1.29 bits per heavy atom. The van der Waals surface area contributed by atoms with Crippen molar-refractivity contribution in [3.8, 4) is 0 Å². The summed E-state index contributed by atoms with van der Waals surface area (Å²) in [5.74, 6) is 0. The lowest BCUT2D eigenvalue weighted by molar-refractivity contribution is 0.412. The van der Waals surface area contributed by atoms with Gasteiger partial charge < -0.3 is 4.42 Å². The lowest BCUT2D eigenvalue weighted by Gasteiger charge is -2.17. The Balaban J connectivity index is 2.46. The Labute approximate surface area is 84.0 Å². The molecular weight excluding hydrogens is 174 g/mol. The van der Waals surface area contributed by atoms with Crippen LogP contribution in [0, 0.1) is 5.41 Å². The maximum Gasteiger partial charge on any atom is 0.181 e. The van der Waals surface area contributed by atoms with Gasteiger partial charge in [0.1, 0.15) is 5.52 Å². The summed E-state index contributed by atoms with van der Waals surface area (Å²) in [4.78, 5) is 4.24. The molecule has 0 N–H and O–H groups in total. The third-order valence-electron chi connectivity index (χ3n) is 2.16. The van der Waals surface area contributed by atoms with Gasteiger partial charge >= 0.3 is 0 Å². The fraction of sp³-hybridized carbons (Fsp3) is 0.417. The van der Waals surface area contributed by atoms with E-state index in [2.05, 4.69) is 31.8 Å². The fourth-order valence-corrected chi connectivity index (χ4v) is 1.66. The molecule has 0 atom stereocenters. The number of oxazole rings is 1. The molecule has 0 aliphatic carbocycles. The Morgan fingerprint density at radius 3 is 2.79 bits per heavy atom. The average Bonchev–Trinajstić information content (AvgIpc) is 2.49. The van der Waals surface area contributed by atoms with Crippen LogP contribution in [0.15, 0.2) is 29.0 Å².